The molecule has 0 N–H and O–H groups in total. The third-order valence-electron chi connectivity index (χ3n) is 5.95. The Morgan fingerprint density at radius 3 is 2.51 bits per heavy atom. The number of pyridine rings is 2. The lowest BCUT2D eigenvalue weighted by molar-refractivity contribution is -0.122. The second-order valence-corrected chi connectivity index (χ2v) is 10.5. The van der Waals surface area contributed by atoms with Gasteiger partial charge in [-0.1, -0.05) is 11.6 Å². The molecule has 0 aliphatic carbocycles. The van der Waals surface area contributed by atoms with Crippen molar-refractivity contribution in [2.24, 2.45) is 0 Å². The highest BCUT2D eigenvalue weighted by molar-refractivity contribution is 7.89. The van der Waals surface area contributed by atoms with E-state index < -0.39 is 44.9 Å². The summed E-state index contributed by atoms with van der Waals surface area (Å²) in [6.45, 7) is 3.16. The molecule has 8 nitrogen and oxygen atoms in total. The number of sulfonamides is 1. The van der Waals surface area contributed by atoms with Gasteiger partial charge in [-0.15, -0.1) is 0 Å². The first-order valence-corrected chi connectivity index (χ1v) is 12.6. The van der Waals surface area contributed by atoms with Crippen LogP contribution in [0.15, 0.2) is 48.0 Å². The van der Waals surface area contributed by atoms with Crippen LogP contribution < -0.4 is 0 Å². The van der Waals surface area contributed by atoms with Crippen molar-refractivity contribution in [2.45, 2.75) is 56.4 Å². The van der Waals surface area contributed by atoms with E-state index in [4.69, 9.17) is 11.6 Å². The summed E-state index contributed by atoms with van der Waals surface area (Å²) >= 11 is 6.28. The van der Waals surface area contributed by atoms with Crippen LogP contribution in [0.25, 0.3) is 11.3 Å². The van der Waals surface area contributed by atoms with Crippen LogP contribution in [0.3, 0.4) is 0 Å². The number of Topliss-reactive ketones (excluding diaryl/α,β-unsaturated/α-hetero) is 1. The molecule has 0 bridgehead atoms. The van der Waals surface area contributed by atoms with E-state index in [0.29, 0.717) is 27.7 Å². The van der Waals surface area contributed by atoms with Crippen LogP contribution in [0.4, 0.5) is 8.78 Å². The van der Waals surface area contributed by atoms with Crippen molar-refractivity contribution in [3.05, 3.63) is 65.2 Å². The van der Waals surface area contributed by atoms with Crippen molar-refractivity contribution in [1.82, 2.24) is 24.2 Å². The lowest BCUT2D eigenvalue weighted by Gasteiger charge is -2.26. The van der Waals surface area contributed by atoms with E-state index in [9.17, 15) is 22.0 Å². The summed E-state index contributed by atoms with van der Waals surface area (Å²) in [6, 6.07) is 1.39. The quantitative estimate of drug-likeness (QED) is 0.466. The highest BCUT2D eigenvalue weighted by Crippen LogP contribution is 2.34. The van der Waals surface area contributed by atoms with E-state index in [1.807, 2.05) is 0 Å². The zero-order chi connectivity index (χ0) is 25.3. The molecule has 0 radical (unpaired) electrons. The average Bonchev–Trinajstić information content (AvgIpc) is 3.14. The number of hydrogen-bond acceptors (Lipinski definition) is 7. The number of hydrogen-bond donors (Lipinski definition) is 0. The fourth-order valence-corrected chi connectivity index (χ4v) is 5.97. The Morgan fingerprint density at radius 2 is 1.86 bits per heavy atom. The van der Waals surface area contributed by atoms with Crippen molar-refractivity contribution < 1.29 is 22.0 Å². The van der Waals surface area contributed by atoms with Crippen LogP contribution in [0, 0.1) is 12.7 Å². The Bertz CT molecular complexity index is 1340. The van der Waals surface area contributed by atoms with Crippen LogP contribution >= 0.6 is 11.6 Å². The van der Waals surface area contributed by atoms with Crippen LogP contribution in [-0.4, -0.2) is 56.7 Å². The van der Waals surface area contributed by atoms with Crippen molar-refractivity contribution in [1.29, 1.82) is 0 Å². The Labute approximate surface area is 206 Å². The predicted molar refractivity (Wildman–Crippen MR) is 124 cm³/mol. The van der Waals surface area contributed by atoms with Crippen LogP contribution in [0.5, 0.6) is 0 Å². The number of carbonyl (C=O) groups excluding carboxylic acids is 1. The third-order valence-corrected chi connectivity index (χ3v) is 8.20. The number of carbonyl (C=O) groups is 1. The van der Waals surface area contributed by atoms with E-state index >= 15 is 0 Å². The van der Waals surface area contributed by atoms with Gasteiger partial charge in [-0.25, -0.2) is 32.2 Å². The van der Waals surface area contributed by atoms with Gasteiger partial charge >= 0.3 is 0 Å². The molecule has 3 aromatic rings. The van der Waals surface area contributed by atoms with E-state index in [0.717, 1.165) is 22.6 Å². The van der Waals surface area contributed by atoms with E-state index in [1.54, 1.807) is 25.4 Å². The molecule has 0 spiro atoms. The first kappa shape index (κ1) is 25.2. The molecule has 1 saturated heterocycles. The van der Waals surface area contributed by atoms with Gasteiger partial charge in [0.25, 0.3) is 10.0 Å². The highest BCUT2D eigenvalue weighted by Gasteiger charge is 2.49. The van der Waals surface area contributed by atoms with Gasteiger partial charge in [0, 0.05) is 37.0 Å². The number of ketones is 1. The molecule has 3 aromatic heterocycles. The zero-order valence-electron chi connectivity index (χ0n) is 18.9. The number of aromatic nitrogens is 4. The predicted octanol–water partition coefficient (Wildman–Crippen LogP) is 3.73. The minimum Gasteiger partial charge on any atom is -0.298 e. The molecule has 0 unspecified atom stereocenters. The second kappa shape index (κ2) is 10.00. The molecule has 3 atom stereocenters. The average molecular weight is 522 g/mol. The van der Waals surface area contributed by atoms with Crippen molar-refractivity contribution >= 4 is 27.4 Å². The topological polar surface area (TPSA) is 106 Å². The number of alkyl halides is 1. The summed E-state index contributed by atoms with van der Waals surface area (Å²) in [5, 5.41) is -0.0995. The summed E-state index contributed by atoms with van der Waals surface area (Å²) in [4.78, 5) is 29.3. The molecule has 1 fully saturated rings. The van der Waals surface area contributed by atoms with Gasteiger partial charge in [0.15, 0.2) is 10.8 Å². The first-order valence-electron chi connectivity index (χ1n) is 10.8. The summed E-state index contributed by atoms with van der Waals surface area (Å²) in [5.74, 6) is -0.545. The Kier molecular flexibility index (Phi) is 7.20. The van der Waals surface area contributed by atoms with Gasteiger partial charge in [-0.2, -0.15) is 4.31 Å². The van der Waals surface area contributed by atoms with Gasteiger partial charge in [0.05, 0.1) is 29.0 Å². The molecule has 1 aliphatic rings. The minimum atomic E-state index is -4.32. The Balaban J connectivity index is 1.54. The number of rotatable bonds is 7. The van der Waals surface area contributed by atoms with Gasteiger partial charge in [0.2, 0.25) is 0 Å². The molecule has 0 saturated carbocycles. The molecule has 1 aliphatic heterocycles. The van der Waals surface area contributed by atoms with Crippen molar-refractivity contribution in [2.75, 3.05) is 0 Å². The largest absolute Gasteiger partial charge is 0.298 e. The molecule has 4 rings (SSSR count). The van der Waals surface area contributed by atoms with Crippen molar-refractivity contribution in [3.63, 3.8) is 0 Å². The fourth-order valence-electron chi connectivity index (χ4n) is 4.02. The van der Waals surface area contributed by atoms with Gasteiger partial charge < -0.3 is 0 Å². The highest BCUT2D eigenvalue weighted by atomic mass is 35.5. The first-order chi connectivity index (χ1) is 16.6. The molecule has 0 amide bonds. The van der Waals surface area contributed by atoms with Gasteiger partial charge in [-0.3, -0.25) is 9.78 Å². The molecule has 35 heavy (non-hydrogen) atoms. The normalized spacial score (nSPS) is 20.8. The SMILES string of the molecule is Cc1ncc(-c2cc(CCC(=O)[C@@H]3C[C@@H](F)[C@H](C)N3S(=O)(=O)c3ccc(F)cn3)c(Cl)cn2)cn1. The summed E-state index contributed by atoms with van der Waals surface area (Å²) in [7, 11) is -4.32. The summed E-state index contributed by atoms with van der Waals surface area (Å²) in [6.07, 6.45) is 3.81. The maximum absolute atomic E-state index is 14.6. The third kappa shape index (κ3) is 5.21. The zero-order valence-corrected chi connectivity index (χ0v) is 20.5. The molecule has 0 aromatic carbocycles. The maximum atomic E-state index is 14.6. The van der Waals surface area contributed by atoms with Gasteiger partial charge in [-0.05, 0) is 44.0 Å². The van der Waals surface area contributed by atoms with Crippen LogP contribution in [0.2, 0.25) is 5.02 Å². The van der Waals surface area contributed by atoms with E-state index in [1.165, 1.54) is 13.1 Å². The monoisotopic (exact) mass is 521 g/mol. The standard InChI is InChI=1S/C23H22ClF2N5O3S/c1-13-19(26)8-21(31(13)35(33,34)23-6-4-17(25)11-30-23)22(32)5-3-15-7-20(29-12-18(15)24)16-9-27-14(2)28-10-16/h4,6-7,9-13,19,21H,3,5,8H2,1-2H3/t13-,19+,21-/m0/s1. The number of halogens is 3. The van der Waals surface area contributed by atoms with E-state index in [-0.39, 0.29) is 19.3 Å². The number of aryl methyl sites for hydroxylation is 2. The maximum Gasteiger partial charge on any atom is 0.261 e. The lowest BCUT2D eigenvalue weighted by atomic mass is 10.0. The van der Waals surface area contributed by atoms with Crippen LogP contribution in [-0.2, 0) is 21.2 Å². The Hall–Kier alpha value is -2.89. The molecule has 184 valence electrons. The number of nitrogens with zero attached hydrogens (tertiary/aromatic N) is 5. The Morgan fingerprint density at radius 1 is 1.14 bits per heavy atom. The summed E-state index contributed by atoms with van der Waals surface area (Å²) in [5.41, 5.74) is 1.87. The molecule has 12 heteroatoms. The fraction of sp³-hybridized carbons (Fsp3) is 0.348. The van der Waals surface area contributed by atoms with Gasteiger partial charge in [0.1, 0.15) is 17.8 Å². The smallest absolute Gasteiger partial charge is 0.261 e. The second-order valence-electron chi connectivity index (χ2n) is 8.30. The molecule has 4 heterocycles. The molecular weight excluding hydrogens is 500 g/mol. The van der Waals surface area contributed by atoms with Crippen molar-refractivity contribution in [3.8, 4) is 11.3 Å². The molecular formula is C23H22ClF2N5O3S. The lowest BCUT2D eigenvalue weighted by Crippen LogP contribution is -2.45. The minimum absolute atomic E-state index is 0.0689. The summed E-state index contributed by atoms with van der Waals surface area (Å²) < 4.78 is 55.0. The van der Waals surface area contributed by atoms with E-state index in [2.05, 4.69) is 19.9 Å². The van der Waals surface area contributed by atoms with Crippen LogP contribution in [0.1, 0.15) is 31.2 Å².